The zero-order valence-electron chi connectivity index (χ0n) is 19.0. The summed E-state index contributed by atoms with van der Waals surface area (Å²) >= 11 is 6.16. The number of hydrogen-bond acceptors (Lipinski definition) is 7. The number of thioether (sulfide) groups is 1. The lowest BCUT2D eigenvalue weighted by atomic mass is 10.1. The van der Waals surface area contributed by atoms with E-state index in [1.807, 2.05) is 53.8 Å². The lowest BCUT2D eigenvalue weighted by Gasteiger charge is -2.14. The van der Waals surface area contributed by atoms with E-state index in [1.54, 1.807) is 30.3 Å². The Hall–Kier alpha value is -2.35. The van der Waals surface area contributed by atoms with Crippen molar-refractivity contribution in [3.63, 3.8) is 0 Å². The molecule has 36 heavy (non-hydrogen) atoms. The van der Waals surface area contributed by atoms with Gasteiger partial charge in [0.25, 0.3) is 11.1 Å². The summed E-state index contributed by atoms with van der Waals surface area (Å²) in [4.78, 5) is 26.9. The fourth-order valence-corrected chi connectivity index (χ4v) is 6.27. The standard InChI is InChI=1S/C25H19BrINO6S2/c1-15-3-9-19(10-4-15)36(31,32)34-23-20(27)11-17(12-21(23)33-2)13-22-24(29)28(25(30)35-22)14-16-5-7-18(26)8-6-16/h3-13H,14H2,1-2H3/b22-13-. The third kappa shape index (κ3) is 5.96. The van der Waals surface area contributed by atoms with Crippen LogP contribution >= 0.6 is 50.3 Å². The van der Waals surface area contributed by atoms with Gasteiger partial charge in [-0.3, -0.25) is 14.5 Å². The summed E-state index contributed by atoms with van der Waals surface area (Å²) in [5.41, 5.74) is 2.31. The molecule has 186 valence electrons. The molecule has 2 amide bonds. The van der Waals surface area contributed by atoms with Gasteiger partial charge in [-0.2, -0.15) is 8.42 Å². The molecule has 1 fully saturated rings. The van der Waals surface area contributed by atoms with Gasteiger partial charge < -0.3 is 8.92 Å². The molecule has 1 aliphatic heterocycles. The zero-order valence-corrected chi connectivity index (χ0v) is 24.4. The summed E-state index contributed by atoms with van der Waals surface area (Å²) in [6.45, 7) is 2.03. The molecule has 0 N–H and O–H groups in total. The van der Waals surface area contributed by atoms with E-state index in [0.717, 1.165) is 27.4 Å². The molecular weight excluding hydrogens is 681 g/mol. The summed E-state index contributed by atoms with van der Waals surface area (Å²) in [5, 5.41) is -0.361. The van der Waals surface area contributed by atoms with Gasteiger partial charge in [-0.25, -0.2) is 0 Å². The van der Waals surface area contributed by atoms with Crippen LogP contribution in [0.4, 0.5) is 4.79 Å². The second-order valence-corrected chi connectivity index (χ2v) is 12.4. The molecule has 0 saturated carbocycles. The van der Waals surface area contributed by atoms with Crippen LogP contribution in [0.2, 0.25) is 0 Å². The summed E-state index contributed by atoms with van der Waals surface area (Å²) < 4.78 is 37.8. The van der Waals surface area contributed by atoms with E-state index in [1.165, 1.54) is 24.1 Å². The molecule has 0 aliphatic carbocycles. The maximum Gasteiger partial charge on any atom is 0.339 e. The van der Waals surface area contributed by atoms with E-state index in [4.69, 9.17) is 8.92 Å². The maximum atomic E-state index is 12.9. The van der Waals surface area contributed by atoms with Crippen molar-refractivity contribution in [2.45, 2.75) is 18.4 Å². The predicted molar refractivity (Wildman–Crippen MR) is 150 cm³/mol. The number of methoxy groups -OCH3 is 1. The first-order valence-electron chi connectivity index (χ1n) is 10.5. The Kier molecular flexibility index (Phi) is 8.12. The minimum atomic E-state index is -4.09. The van der Waals surface area contributed by atoms with Crippen LogP contribution in [0.3, 0.4) is 0 Å². The van der Waals surface area contributed by atoms with E-state index in [-0.39, 0.29) is 33.1 Å². The number of ether oxygens (including phenoxy) is 1. The molecule has 0 bridgehead atoms. The first kappa shape index (κ1) is 26.7. The van der Waals surface area contributed by atoms with Crippen LogP contribution in [-0.2, 0) is 21.5 Å². The highest BCUT2D eigenvalue weighted by Crippen LogP contribution is 2.39. The Morgan fingerprint density at radius 3 is 2.36 bits per heavy atom. The van der Waals surface area contributed by atoms with Gasteiger partial charge in [0.1, 0.15) is 4.90 Å². The third-order valence-electron chi connectivity index (χ3n) is 5.18. The van der Waals surface area contributed by atoms with E-state index >= 15 is 0 Å². The van der Waals surface area contributed by atoms with Crippen LogP contribution in [-0.4, -0.2) is 31.6 Å². The monoisotopic (exact) mass is 699 g/mol. The first-order chi connectivity index (χ1) is 17.1. The molecular formula is C25H19BrINO6S2. The van der Waals surface area contributed by atoms with Gasteiger partial charge in [0.15, 0.2) is 11.5 Å². The molecule has 0 radical (unpaired) electrons. The second-order valence-electron chi connectivity index (χ2n) is 7.78. The lowest BCUT2D eigenvalue weighted by molar-refractivity contribution is -0.123. The molecule has 0 spiro atoms. The molecule has 1 aliphatic rings. The maximum absolute atomic E-state index is 12.9. The molecule has 11 heteroatoms. The Balaban J connectivity index is 1.59. The first-order valence-corrected chi connectivity index (χ1v) is 14.6. The van der Waals surface area contributed by atoms with Crippen molar-refractivity contribution in [2.75, 3.05) is 7.11 Å². The fraction of sp³-hybridized carbons (Fsp3) is 0.120. The summed E-state index contributed by atoms with van der Waals surface area (Å²) in [6.07, 6.45) is 1.58. The molecule has 0 aromatic heterocycles. The minimum Gasteiger partial charge on any atom is -0.493 e. The average Bonchev–Trinajstić information content (AvgIpc) is 3.09. The highest BCUT2D eigenvalue weighted by molar-refractivity contribution is 14.1. The molecule has 3 aromatic carbocycles. The van der Waals surface area contributed by atoms with Gasteiger partial charge in [-0.1, -0.05) is 45.8 Å². The minimum absolute atomic E-state index is 0.0227. The molecule has 1 heterocycles. The summed E-state index contributed by atoms with van der Waals surface area (Å²) in [6, 6.07) is 16.9. The van der Waals surface area contributed by atoms with E-state index in [9.17, 15) is 18.0 Å². The fourth-order valence-electron chi connectivity index (χ4n) is 3.33. The Morgan fingerprint density at radius 1 is 1.06 bits per heavy atom. The van der Waals surface area contributed by atoms with Crippen molar-refractivity contribution >= 4 is 77.6 Å². The molecule has 3 aromatic rings. The number of nitrogens with zero attached hydrogens (tertiary/aromatic N) is 1. The highest BCUT2D eigenvalue weighted by atomic mass is 127. The van der Waals surface area contributed by atoms with Crippen molar-refractivity contribution < 1.29 is 26.9 Å². The quantitative estimate of drug-likeness (QED) is 0.161. The summed E-state index contributed by atoms with van der Waals surface area (Å²) in [7, 11) is -2.69. The van der Waals surface area contributed by atoms with Crippen molar-refractivity contribution in [2.24, 2.45) is 0 Å². The van der Waals surface area contributed by atoms with Crippen LogP contribution < -0.4 is 8.92 Å². The molecule has 4 rings (SSSR count). The topological polar surface area (TPSA) is 90.0 Å². The van der Waals surface area contributed by atoms with E-state index in [2.05, 4.69) is 15.9 Å². The Labute approximate surface area is 235 Å². The van der Waals surface area contributed by atoms with Crippen LogP contribution in [0.25, 0.3) is 6.08 Å². The Morgan fingerprint density at radius 2 is 1.72 bits per heavy atom. The van der Waals surface area contributed by atoms with E-state index < -0.39 is 16.0 Å². The van der Waals surface area contributed by atoms with Crippen molar-refractivity contribution in [1.29, 1.82) is 0 Å². The highest BCUT2D eigenvalue weighted by Gasteiger charge is 2.35. The third-order valence-corrected chi connectivity index (χ3v) is 8.65. The summed E-state index contributed by atoms with van der Waals surface area (Å²) in [5.74, 6) is -0.179. The second kappa shape index (κ2) is 11.0. The van der Waals surface area contributed by atoms with Gasteiger partial charge in [-0.05, 0) is 94.9 Å². The predicted octanol–water partition coefficient (Wildman–Crippen LogP) is 6.37. The number of hydrogen-bond donors (Lipinski definition) is 0. The molecule has 0 unspecified atom stereocenters. The number of amides is 2. The normalized spacial score (nSPS) is 15.0. The number of carbonyl (C=O) groups is 2. The number of carbonyl (C=O) groups excluding carboxylic acids is 2. The molecule has 7 nitrogen and oxygen atoms in total. The largest absolute Gasteiger partial charge is 0.493 e. The number of halogens is 2. The van der Waals surface area contributed by atoms with Gasteiger partial charge in [0, 0.05) is 4.47 Å². The Bertz CT molecular complexity index is 1470. The average molecular weight is 700 g/mol. The van der Waals surface area contributed by atoms with Crippen LogP contribution in [0.5, 0.6) is 11.5 Å². The number of imide groups is 1. The van der Waals surface area contributed by atoms with Gasteiger partial charge in [-0.15, -0.1) is 0 Å². The van der Waals surface area contributed by atoms with Crippen molar-refractivity contribution in [3.8, 4) is 11.5 Å². The lowest BCUT2D eigenvalue weighted by Crippen LogP contribution is -2.27. The van der Waals surface area contributed by atoms with Gasteiger partial charge in [0.2, 0.25) is 0 Å². The van der Waals surface area contributed by atoms with Gasteiger partial charge >= 0.3 is 10.1 Å². The van der Waals surface area contributed by atoms with Crippen LogP contribution in [0, 0.1) is 10.5 Å². The SMILES string of the molecule is COc1cc(/C=C2\SC(=O)N(Cc3ccc(Br)cc3)C2=O)cc(I)c1OS(=O)(=O)c1ccc(C)cc1. The number of rotatable bonds is 7. The van der Waals surface area contributed by atoms with Crippen LogP contribution in [0.1, 0.15) is 16.7 Å². The van der Waals surface area contributed by atoms with Crippen molar-refractivity contribution in [3.05, 3.63) is 90.3 Å². The molecule has 1 saturated heterocycles. The van der Waals surface area contributed by atoms with E-state index in [0.29, 0.717) is 9.13 Å². The van der Waals surface area contributed by atoms with Crippen LogP contribution in [0.15, 0.2) is 74.9 Å². The number of benzene rings is 3. The van der Waals surface area contributed by atoms with Crippen molar-refractivity contribution in [1.82, 2.24) is 4.90 Å². The van der Waals surface area contributed by atoms with Gasteiger partial charge in [0.05, 0.1) is 22.1 Å². The number of aryl methyl sites for hydroxylation is 1. The molecule has 0 atom stereocenters. The zero-order chi connectivity index (χ0) is 26.0. The smallest absolute Gasteiger partial charge is 0.339 e.